The first-order valence-corrected chi connectivity index (χ1v) is 5.41. The van der Waals surface area contributed by atoms with E-state index in [4.69, 9.17) is 9.47 Å². The van der Waals surface area contributed by atoms with Crippen molar-refractivity contribution in [1.82, 2.24) is 0 Å². The molecule has 0 amide bonds. The van der Waals surface area contributed by atoms with Crippen molar-refractivity contribution in [2.75, 3.05) is 6.61 Å². The molecule has 1 saturated heterocycles. The molecule has 1 rings (SSSR count). The first-order valence-electron chi connectivity index (χ1n) is 5.41. The molecule has 0 unspecified atom stereocenters. The molecule has 0 radical (unpaired) electrons. The van der Waals surface area contributed by atoms with Crippen molar-refractivity contribution in [3.8, 4) is 0 Å². The van der Waals surface area contributed by atoms with Crippen molar-refractivity contribution in [2.24, 2.45) is 0 Å². The highest BCUT2D eigenvalue weighted by molar-refractivity contribution is 5.89. The Morgan fingerprint density at radius 3 is 2.87 bits per heavy atom. The van der Waals surface area contributed by atoms with Crippen LogP contribution in [0.3, 0.4) is 0 Å². The van der Waals surface area contributed by atoms with E-state index in [0.717, 1.165) is 18.6 Å². The van der Waals surface area contributed by atoms with Crippen LogP contribution in [0.15, 0.2) is 24.0 Å². The number of rotatable bonds is 4. The Kier molecular flexibility index (Phi) is 4.40. The van der Waals surface area contributed by atoms with Crippen molar-refractivity contribution in [2.45, 2.75) is 39.2 Å². The first kappa shape index (κ1) is 11.8. The average Bonchev–Trinajstić information content (AvgIpc) is 2.68. The van der Waals surface area contributed by atoms with Crippen LogP contribution in [0.4, 0.5) is 0 Å². The lowest BCUT2D eigenvalue weighted by Crippen LogP contribution is -2.10. The van der Waals surface area contributed by atoms with Crippen molar-refractivity contribution in [1.29, 1.82) is 0 Å². The molecule has 84 valence electrons. The lowest BCUT2D eigenvalue weighted by Gasteiger charge is -2.09. The topological polar surface area (TPSA) is 35.5 Å². The molecule has 1 aliphatic heterocycles. The maximum absolute atomic E-state index is 11.6. The van der Waals surface area contributed by atoms with Gasteiger partial charge in [0, 0.05) is 6.42 Å². The fourth-order valence-corrected chi connectivity index (χ4v) is 1.64. The molecule has 1 aliphatic rings. The van der Waals surface area contributed by atoms with Crippen molar-refractivity contribution < 1.29 is 14.3 Å². The summed E-state index contributed by atoms with van der Waals surface area (Å²) in [5, 5.41) is 0. The number of allylic oxidation sites excluding steroid dienone is 1. The summed E-state index contributed by atoms with van der Waals surface area (Å²) in [5.74, 6) is 0.528. The van der Waals surface area contributed by atoms with Crippen LogP contribution in [-0.2, 0) is 14.3 Å². The minimum Gasteiger partial charge on any atom is -0.490 e. The van der Waals surface area contributed by atoms with E-state index in [1.54, 1.807) is 13.0 Å². The highest BCUT2D eigenvalue weighted by Crippen LogP contribution is 2.28. The Morgan fingerprint density at radius 2 is 2.40 bits per heavy atom. The molecule has 0 aromatic heterocycles. The van der Waals surface area contributed by atoms with E-state index in [1.807, 2.05) is 6.92 Å². The van der Waals surface area contributed by atoms with E-state index in [1.165, 1.54) is 0 Å². The summed E-state index contributed by atoms with van der Waals surface area (Å²) in [4.78, 5) is 11.6. The molecular weight excluding hydrogens is 192 g/mol. The zero-order chi connectivity index (χ0) is 11.3. The van der Waals surface area contributed by atoms with Gasteiger partial charge in [-0.2, -0.15) is 0 Å². The first-order chi connectivity index (χ1) is 7.22. The van der Waals surface area contributed by atoms with Gasteiger partial charge in [-0.25, -0.2) is 4.79 Å². The van der Waals surface area contributed by atoms with E-state index in [2.05, 4.69) is 6.58 Å². The van der Waals surface area contributed by atoms with Crippen LogP contribution in [0, 0.1) is 0 Å². The van der Waals surface area contributed by atoms with Gasteiger partial charge in [-0.05, 0) is 19.8 Å². The van der Waals surface area contributed by atoms with Crippen LogP contribution in [0.2, 0.25) is 0 Å². The summed E-state index contributed by atoms with van der Waals surface area (Å²) in [5.41, 5.74) is 0.668. The normalized spacial score (nSPS) is 23.2. The lowest BCUT2D eigenvalue weighted by molar-refractivity contribution is -0.138. The third-order valence-corrected chi connectivity index (χ3v) is 2.42. The Morgan fingerprint density at radius 1 is 1.67 bits per heavy atom. The second-order valence-electron chi connectivity index (χ2n) is 3.41. The smallest absolute Gasteiger partial charge is 0.337 e. The minimum atomic E-state index is -0.250. The number of hydrogen-bond donors (Lipinski definition) is 0. The molecule has 0 aromatic carbocycles. The third kappa shape index (κ3) is 2.85. The maximum Gasteiger partial charge on any atom is 0.337 e. The summed E-state index contributed by atoms with van der Waals surface area (Å²) in [6.07, 6.45) is 4.18. The summed E-state index contributed by atoms with van der Waals surface area (Å²) in [6, 6.07) is 0. The molecule has 1 fully saturated rings. The Balaban J connectivity index is 2.76. The van der Waals surface area contributed by atoms with E-state index >= 15 is 0 Å². The fraction of sp³-hybridized carbons (Fsp3) is 0.583. The number of hydrogen-bond acceptors (Lipinski definition) is 3. The fourth-order valence-electron chi connectivity index (χ4n) is 1.64. The molecule has 1 atom stereocenters. The number of carbonyl (C=O) groups excluding carboxylic acids is 1. The number of esters is 1. The van der Waals surface area contributed by atoms with Gasteiger partial charge in [0.05, 0.1) is 12.2 Å². The molecule has 15 heavy (non-hydrogen) atoms. The highest BCUT2D eigenvalue weighted by Gasteiger charge is 2.24. The zero-order valence-electron chi connectivity index (χ0n) is 9.41. The summed E-state index contributed by atoms with van der Waals surface area (Å²) in [7, 11) is 0. The van der Waals surface area contributed by atoms with Gasteiger partial charge >= 0.3 is 5.97 Å². The van der Waals surface area contributed by atoms with Crippen LogP contribution in [-0.4, -0.2) is 18.7 Å². The predicted octanol–water partition coefficient (Wildman–Crippen LogP) is 2.58. The predicted molar refractivity (Wildman–Crippen MR) is 58.3 cm³/mol. The average molecular weight is 210 g/mol. The highest BCUT2D eigenvalue weighted by atomic mass is 16.5. The number of ether oxygens (including phenoxy) is 2. The summed E-state index contributed by atoms with van der Waals surface area (Å²) in [6.45, 7) is 7.82. The van der Waals surface area contributed by atoms with Gasteiger partial charge in [0.2, 0.25) is 0 Å². The molecule has 0 aromatic rings. The summed E-state index contributed by atoms with van der Waals surface area (Å²) >= 11 is 0. The van der Waals surface area contributed by atoms with Gasteiger partial charge in [-0.15, -0.1) is 0 Å². The van der Waals surface area contributed by atoms with Crippen molar-refractivity contribution >= 4 is 5.97 Å². The zero-order valence-corrected chi connectivity index (χ0v) is 9.41. The second kappa shape index (κ2) is 5.59. The number of carbonyl (C=O) groups is 1. The standard InChI is InChI=1S/C12H18O3/c1-4-9-7-8-11(15-9)10(5-2)12(13)14-6-3/h4,9H,1,5-8H2,2-3H3/b11-10-/t9-/m0/s1. The van der Waals surface area contributed by atoms with E-state index in [9.17, 15) is 4.79 Å². The molecule has 3 heteroatoms. The van der Waals surface area contributed by atoms with Crippen LogP contribution >= 0.6 is 0 Å². The monoisotopic (exact) mass is 210 g/mol. The van der Waals surface area contributed by atoms with Crippen molar-refractivity contribution in [3.05, 3.63) is 24.0 Å². The van der Waals surface area contributed by atoms with Gasteiger partial charge in [0.25, 0.3) is 0 Å². The second-order valence-corrected chi connectivity index (χ2v) is 3.41. The molecule has 0 N–H and O–H groups in total. The van der Waals surface area contributed by atoms with E-state index in [0.29, 0.717) is 18.6 Å². The van der Waals surface area contributed by atoms with Gasteiger partial charge in [0.1, 0.15) is 11.9 Å². The largest absolute Gasteiger partial charge is 0.490 e. The molecule has 0 aliphatic carbocycles. The molecule has 1 heterocycles. The van der Waals surface area contributed by atoms with Gasteiger partial charge in [-0.3, -0.25) is 0 Å². The Hall–Kier alpha value is -1.25. The van der Waals surface area contributed by atoms with Gasteiger partial charge in [0.15, 0.2) is 0 Å². The van der Waals surface area contributed by atoms with Crippen LogP contribution in [0.5, 0.6) is 0 Å². The molecule has 0 saturated carbocycles. The summed E-state index contributed by atoms with van der Waals surface area (Å²) < 4.78 is 10.6. The Bertz CT molecular complexity index is 279. The quantitative estimate of drug-likeness (QED) is 0.406. The molecular formula is C12H18O3. The third-order valence-electron chi connectivity index (χ3n) is 2.42. The van der Waals surface area contributed by atoms with Gasteiger partial charge in [-0.1, -0.05) is 19.6 Å². The molecule has 3 nitrogen and oxygen atoms in total. The maximum atomic E-state index is 11.6. The minimum absolute atomic E-state index is 0.0518. The van der Waals surface area contributed by atoms with Crippen LogP contribution in [0.25, 0.3) is 0 Å². The lowest BCUT2D eigenvalue weighted by atomic mass is 10.1. The van der Waals surface area contributed by atoms with Crippen LogP contribution in [0.1, 0.15) is 33.1 Å². The van der Waals surface area contributed by atoms with Crippen LogP contribution < -0.4 is 0 Å². The SMILES string of the molecule is C=C[C@H]1CC/C(=C(\CC)C(=O)OCC)O1. The van der Waals surface area contributed by atoms with Gasteiger partial charge < -0.3 is 9.47 Å². The Labute approximate surface area is 90.8 Å². The van der Waals surface area contributed by atoms with E-state index < -0.39 is 0 Å². The van der Waals surface area contributed by atoms with Crippen molar-refractivity contribution in [3.63, 3.8) is 0 Å². The molecule has 0 spiro atoms. The van der Waals surface area contributed by atoms with E-state index in [-0.39, 0.29) is 12.1 Å². The molecule has 0 bridgehead atoms.